The zero-order valence-electron chi connectivity index (χ0n) is 15.8. The maximum absolute atomic E-state index is 12.9. The molecule has 0 saturated carbocycles. The van der Waals surface area contributed by atoms with Gasteiger partial charge in [0.2, 0.25) is 17.3 Å². The minimum atomic E-state index is -0.884. The van der Waals surface area contributed by atoms with Gasteiger partial charge in [-0.1, -0.05) is 5.16 Å². The van der Waals surface area contributed by atoms with Gasteiger partial charge in [0.05, 0.1) is 14.2 Å². The van der Waals surface area contributed by atoms with Crippen LogP contribution in [0.1, 0.15) is 18.9 Å². The van der Waals surface area contributed by atoms with E-state index in [1.807, 2.05) is 0 Å². The second-order valence-corrected chi connectivity index (χ2v) is 6.09. The molecule has 3 heterocycles. The Morgan fingerprint density at radius 2 is 1.83 bits per heavy atom. The van der Waals surface area contributed by atoms with Crippen LogP contribution >= 0.6 is 0 Å². The van der Waals surface area contributed by atoms with Gasteiger partial charge < -0.3 is 18.4 Å². The van der Waals surface area contributed by atoms with Crippen molar-refractivity contribution in [2.75, 3.05) is 14.2 Å². The third-order valence-corrected chi connectivity index (χ3v) is 4.43. The highest BCUT2D eigenvalue weighted by atomic mass is 16.5. The van der Waals surface area contributed by atoms with Crippen LogP contribution in [0.25, 0.3) is 22.5 Å². The Bertz CT molecular complexity index is 1290. The molecule has 0 saturated heterocycles. The van der Waals surface area contributed by atoms with Gasteiger partial charge >= 0.3 is 5.76 Å². The van der Waals surface area contributed by atoms with E-state index < -0.39 is 17.4 Å². The van der Waals surface area contributed by atoms with Crippen LogP contribution in [0.3, 0.4) is 0 Å². The molecular formula is C19H16N4O6. The second-order valence-electron chi connectivity index (χ2n) is 6.09. The van der Waals surface area contributed by atoms with Crippen molar-refractivity contribution in [1.29, 1.82) is 0 Å². The first-order valence-corrected chi connectivity index (χ1v) is 8.60. The predicted molar refractivity (Wildman–Crippen MR) is 101 cm³/mol. The van der Waals surface area contributed by atoms with Crippen LogP contribution in [-0.2, 0) is 0 Å². The molecule has 0 aliphatic carbocycles. The Morgan fingerprint density at radius 3 is 2.52 bits per heavy atom. The molecule has 4 aromatic rings. The number of ether oxygens (including phenoxy) is 2. The molecule has 10 nitrogen and oxygen atoms in total. The van der Waals surface area contributed by atoms with E-state index in [1.54, 1.807) is 38.3 Å². The lowest BCUT2D eigenvalue weighted by atomic mass is 10.2. The van der Waals surface area contributed by atoms with Crippen molar-refractivity contribution < 1.29 is 18.4 Å². The third kappa shape index (κ3) is 3.14. The highest BCUT2D eigenvalue weighted by Gasteiger charge is 2.24. The number of benzene rings is 1. The molecule has 1 aromatic carbocycles. The zero-order chi connectivity index (χ0) is 20.5. The van der Waals surface area contributed by atoms with Crippen molar-refractivity contribution in [3.8, 4) is 22.9 Å². The lowest BCUT2D eigenvalue weighted by molar-refractivity contribution is 0.324. The van der Waals surface area contributed by atoms with Gasteiger partial charge in [0.1, 0.15) is 11.8 Å². The van der Waals surface area contributed by atoms with E-state index in [2.05, 4.69) is 15.1 Å². The molecule has 0 spiro atoms. The van der Waals surface area contributed by atoms with E-state index in [1.165, 1.54) is 19.4 Å². The molecule has 0 aliphatic rings. The van der Waals surface area contributed by atoms with Gasteiger partial charge in [-0.15, -0.1) is 0 Å². The minimum absolute atomic E-state index is 0.0158. The topological polar surface area (TPSA) is 122 Å². The smallest absolute Gasteiger partial charge is 0.423 e. The predicted octanol–water partition coefficient (Wildman–Crippen LogP) is 2.03. The zero-order valence-corrected chi connectivity index (χ0v) is 15.8. The summed E-state index contributed by atoms with van der Waals surface area (Å²) in [6, 6.07) is 7.69. The highest BCUT2D eigenvalue weighted by molar-refractivity contribution is 5.77. The summed E-state index contributed by atoms with van der Waals surface area (Å²) >= 11 is 0. The lowest BCUT2D eigenvalue weighted by Crippen LogP contribution is -2.35. The molecule has 0 amide bonds. The number of hydrogen-bond donors (Lipinski definition) is 0. The molecule has 0 aliphatic heterocycles. The van der Waals surface area contributed by atoms with Gasteiger partial charge in [0, 0.05) is 17.8 Å². The molecule has 0 radical (unpaired) electrons. The number of hydrogen-bond acceptors (Lipinski definition) is 9. The maximum Gasteiger partial charge on any atom is 0.423 e. The SMILES string of the molecule is COc1ccc(-c2noc([C@H](C)n3c(=O)oc4c(OC)ccnc4c3=O)n2)cc1. The van der Waals surface area contributed by atoms with E-state index in [4.69, 9.17) is 18.4 Å². The summed E-state index contributed by atoms with van der Waals surface area (Å²) in [6.45, 7) is 1.58. The summed E-state index contributed by atoms with van der Waals surface area (Å²) in [5.74, 6) is 0.433. The molecule has 3 aromatic heterocycles. The molecule has 1 atom stereocenters. The number of aromatic nitrogens is 4. The van der Waals surface area contributed by atoms with Crippen LogP contribution in [0.15, 0.2) is 55.1 Å². The molecule has 0 unspecified atom stereocenters. The molecular weight excluding hydrogens is 380 g/mol. The molecule has 0 bridgehead atoms. The Balaban J connectivity index is 1.76. The first kappa shape index (κ1) is 18.4. The standard InChI is InChI=1S/C19H16N4O6/c1-10(17-21-16(22-29-17)11-4-6-12(26-2)7-5-11)23-18(24)14-15(28-19(23)25)13(27-3)8-9-20-14/h4-10H,1-3H3/t10-/m0/s1. The third-order valence-electron chi connectivity index (χ3n) is 4.43. The normalized spacial score (nSPS) is 12.1. The van der Waals surface area contributed by atoms with E-state index in [9.17, 15) is 9.59 Å². The first-order valence-electron chi connectivity index (χ1n) is 8.60. The Kier molecular flexibility index (Phi) is 4.59. The van der Waals surface area contributed by atoms with Gasteiger partial charge in [-0.25, -0.2) is 14.3 Å². The van der Waals surface area contributed by atoms with Gasteiger partial charge in [0.15, 0.2) is 11.3 Å². The van der Waals surface area contributed by atoms with Crippen molar-refractivity contribution in [2.24, 2.45) is 0 Å². The monoisotopic (exact) mass is 396 g/mol. The quantitative estimate of drug-likeness (QED) is 0.498. The fourth-order valence-electron chi connectivity index (χ4n) is 2.88. The van der Waals surface area contributed by atoms with Crippen LogP contribution < -0.4 is 20.8 Å². The van der Waals surface area contributed by atoms with Crippen molar-refractivity contribution in [3.63, 3.8) is 0 Å². The van der Waals surface area contributed by atoms with Crippen LogP contribution in [-0.4, -0.2) is 33.9 Å². The highest BCUT2D eigenvalue weighted by Crippen LogP contribution is 2.23. The fourth-order valence-corrected chi connectivity index (χ4v) is 2.88. The molecule has 10 heteroatoms. The summed E-state index contributed by atoms with van der Waals surface area (Å²) in [5, 5.41) is 3.93. The number of methoxy groups -OCH3 is 2. The molecule has 29 heavy (non-hydrogen) atoms. The van der Waals surface area contributed by atoms with Gasteiger partial charge in [-0.3, -0.25) is 4.79 Å². The average Bonchev–Trinajstić information content (AvgIpc) is 3.23. The summed E-state index contributed by atoms with van der Waals surface area (Å²) in [7, 11) is 2.97. The Labute approximate surface area is 163 Å². The van der Waals surface area contributed by atoms with E-state index in [-0.39, 0.29) is 22.7 Å². The van der Waals surface area contributed by atoms with E-state index in [0.717, 1.165) is 4.57 Å². The Hall–Kier alpha value is -3.95. The molecule has 4 rings (SSSR count). The largest absolute Gasteiger partial charge is 0.497 e. The molecule has 0 fully saturated rings. The number of nitrogens with zero attached hydrogens (tertiary/aromatic N) is 4. The second kappa shape index (κ2) is 7.23. The van der Waals surface area contributed by atoms with E-state index >= 15 is 0 Å². The van der Waals surface area contributed by atoms with Gasteiger partial charge in [-0.2, -0.15) is 4.98 Å². The minimum Gasteiger partial charge on any atom is -0.497 e. The van der Waals surface area contributed by atoms with Gasteiger partial charge in [0.25, 0.3) is 5.56 Å². The fraction of sp³-hybridized carbons (Fsp3) is 0.211. The van der Waals surface area contributed by atoms with Crippen LogP contribution in [0.2, 0.25) is 0 Å². The van der Waals surface area contributed by atoms with Crippen molar-refractivity contribution in [1.82, 2.24) is 19.7 Å². The molecule has 148 valence electrons. The number of rotatable bonds is 5. The summed E-state index contributed by atoms with van der Waals surface area (Å²) in [6.07, 6.45) is 1.39. The van der Waals surface area contributed by atoms with Crippen LogP contribution in [0.5, 0.6) is 11.5 Å². The summed E-state index contributed by atoms with van der Waals surface area (Å²) in [5.41, 5.74) is -0.00672. The number of fused-ring (bicyclic) bond motifs is 1. The van der Waals surface area contributed by atoms with Crippen LogP contribution in [0.4, 0.5) is 0 Å². The first-order chi connectivity index (χ1) is 14.0. The van der Waals surface area contributed by atoms with E-state index in [0.29, 0.717) is 17.1 Å². The van der Waals surface area contributed by atoms with Crippen molar-refractivity contribution in [2.45, 2.75) is 13.0 Å². The van der Waals surface area contributed by atoms with Crippen molar-refractivity contribution in [3.05, 3.63) is 63.3 Å². The van der Waals surface area contributed by atoms with Gasteiger partial charge in [-0.05, 0) is 31.2 Å². The summed E-state index contributed by atoms with van der Waals surface area (Å²) in [4.78, 5) is 33.7. The maximum atomic E-state index is 12.9. The number of pyridine rings is 1. The molecule has 0 N–H and O–H groups in total. The lowest BCUT2D eigenvalue weighted by Gasteiger charge is -2.10. The van der Waals surface area contributed by atoms with Crippen molar-refractivity contribution >= 4 is 11.1 Å². The summed E-state index contributed by atoms with van der Waals surface area (Å²) < 4.78 is 21.7. The Morgan fingerprint density at radius 1 is 1.07 bits per heavy atom. The van der Waals surface area contributed by atoms with Crippen LogP contribution in [0, 0.1) is 0 Å². The average molecular weight is 396 g/mol.